The quantitative estimate of drug-likeness (QED) is 0.624. The smallest absolute Gasteiger partial charge is 0.332 e. The molecule has 1 rings (SSSR count). The van der Waals surface area contributed by atoms with E-state index in [1.807, 2.05) is 0 Å². The lowest BCUT2D eigenvalue weighted by atomic mass is 9.84. The molecule has 0 amide bonds. The minimum absolute atomic E-state index is 0.00602. The van der Waals surface area contributed by atoms with Crippen molar-refractivity contribution in [3.05, 3.63) is 11.1 Å². The van der Waals surface area contributed by atoms with Crippen LogP contribution in [0.4, 0.5) is 0 Å². The van der Waals surface area contributed by atoms with Crippen LogP contribution in [-0.4, -0.2) is 33.2 Å². The van der Waals surface area contributed by atoms with Gasteiger partial charge in [-0.15, -0.1) is 0 Å². The average Bonchev–Trinajstić information content (AvgIpc) is 2.16. The van der Waals surface area contributed by atoms with Gasteiger partial charge < -0.3 is 15.3 Å². The molecular formula is C9H10O6. The van der Waals surface area contributed by atoms with E-state index < -0.39 is 23.8 Å². The molecule has 0 aromatic rings. The number of aliphatic carboxylic acids is 3. The molecule has 1 unspecified atom stereocenters. The third-order valence-corrected chi connectivity index (χ3v) is 2.42. The Bertz CT molecular complexity index is 354. The predicted octanol–water partition coefficient (Wildman–Crippen LogP) is 0.337. The van der Waals surface area contributed by atoms with E-state index in [0.717, 1.165) is 0 Å². The fourth-order valence-electron chi connectivity index (χ4n) is 1.60. The van der Waals surface area contributed by atoms with Crippen molar-refractivity contribution in [2.75, 3.05) is 0 Å². The Morgan fingerprint density at radius 2 is 1.53 bits per heavy atom. The van der Waals surface area contributed by atoms with Gasteiger partial charge in [0.1, 0.15) is 0 Å². The number of rotatable bonds is 3. The van der Waals surface area contributed by atoms with Crippen LogP contribution in [0, 0.1) is 5.92 Å². The van der Waals surface area contributed by atoms with Crippen LogP contribution in [0.15, 0.2) is 11.1 Å². The summed E-state index contributed by atoms with van der Waals surface area (Å²) in [6.07, 6.45) is -0.0476. The number of carboxylic acid groups (broad SMARTS) is 3. The van der Waals surface area contributed by atoms with E-state index in [0.29, 0.717) is 0 Å². The molecule has 1 atom stereocenters. The molecule has 1 aliphatic carbocycles. The molecule has 0 saturated heterocycles. The molecule has 82 valence electrons. The summed E-state index contributed by atoms with van der Waals surface area (Å²) in [6, 6.07) is 0. The second-order valence-electron chi connectivity index (χ2n) is 3.35. The predicted molar refractivity (Wildman–Crippen MR) is 47.3 cm³/mol. The highest BCUT2D eigenvalue weighted by Crippen LogP contribution is 2.29. The van der Waals surface area contributed by atoms with Crippen molar-refractivity contribution in [3.8, 4) is 0 Å². The lowest BCUT2D eigenvalue weighted by Gasteiger charge is -2.20. The molecule has 0 aromatic heterocycles. The van der Waals surface area contributed by atoms with Gasteiger partial charge in [0, 0.05) is 11.1 Å². The fourth-order valence-corrected chi connectivity index (χ4v) is 1.60. The minimum atomic E-state index is -1.35. The molecular weight excluding hydrogens is 204 g/mol. The van der Waals surface area contributed by atoms with E-state index in [-0.39, 0.29) is 30.4 Å². The zero-order chi connectivity index (χ0) is 11.6. The number of carboxylic acids is 3. The second-order valence-corrected chi connectivity index (χ2v) is 3.35. The monoisotopic (exact) mass is 214 g/mol. The summed E-state index contributed by atoms with van der Waals surface area (Å²) >= 11 is 0. The van der Waals surface area contributed by atoms with Gasteiger partial charge >= 0.3 is 17.9 Å². The molecule has 6 nitrogen and oxygen atoms in total. The minimum Gasteiger partial charge on any atom is -0.481 e. The molecule has 6 heteroatoms. The van der Waals surface area contributed by atoms with Crippen LogP contribution in [0.1, 0.15) is 19.3 Å². The van der Waals surface area contributed by atoms with Gasteiger partial charge in [0.05, 0.1) is 5.92 Å². The summed E-state index contributed by atoms with van der Waals surface area (Å²) in [7, 11) is 0. The van der Waals surface area contributed by atoms with Crippen molar-refractivity contribution < 1.29 is 29.7 Å². The van der Waals surface area contributed by atoms with Crippen molar-refractivity contribution in [2.24, 2.45) is 5.92 Å². The molecule has 0 aliphatic heterocycles. The van der Waals surface area contributed by atoms with Crippen LogP contribution in [0.5, 0.6) is 0 Å². The molecule has 0 heterocycles. The van der Waals surface area contributed by atoms with Crippen molar-refractivity contribution in [1.82, 2.24) is 0 Å². The highest BCUT2D eigenvalue weighted by molar-refractivity contribution is 5.99. The Morgan fingerprint density at radius 1 is 1.00 bits per heavy atom. The van der Waals surface area contributed by atoms with Gasteiger partial charge in [-0.2, -0.15) is 0 Å². The Morgan fingerprint density at radius 3 is 1.93 bits per heavy atom. The summed E-state index contributed by atoms with van der Waals surface area (Å²) in [5, 5.41) is 26.2. The summed E-state index contributed by atoms with van der Waals surface area (Å²) in [4.78, 5) is 32.0. The third kappa shape index (κ3) is 2.34. The van der Waals surface area contributed by atoms with Crippen molar-refractivity contribution in [3.63, 3.8) is 0 Å². The summed E-state index contributed by atoms with van der Waals surface area (Å²) in [6.45, 7) is 0. The van der Waals surface area contributed by atoms with Crippen LogP contribution >= 0.6 is 0 Å². The van der Waals surface area contributed by atoms with Crippen LogP contribution in [0.2, 0.25) is 0 Å². The van der Waals surface area contributed by atoms with E-state index in [4.69, 9.17) is 15.3 Å². The van der Waals surface area contributed by atoms with Gasteiger partial charge in [0.2, 0.25) is 0 Å². The van der Waals surface area contributed by atoms with Crippen molar-refractivity contribution in [1.29, 1.82) is 0 Å². The maximum Gasteiger partial charge on any atom is 0.332 e. The Labute approximate surface area is 84.8 Å². The summed E-state index contributed by atoms with van der Waals surface area (Å²) < 4.78 is 0. The first-order valence-electron chi connectivity index (χ1n) is 4.35. The zero-order valence-corrected chi connectivity index (χ0v) is 7.77. The molecule has 0 saturated carbocycles. The highest BCUT2D eigenvalue weighted by atomic mass is 16.4. The highest BCUT2D eigenvalue weighted by Gasteiger charge is 2.31. The molecule has 0 spiro atoms. The zero-order valence-electron chi connectivity index (χ0n) is 7.77. The molecule has 0 bridgehead atoms. The number of hydrogen-bond acceptors (Lipinski definition) is 3. The number of hydrogen-bond donors (Lipinski definition) is 3. The number of carbonyl (C=O) groups is 3. The van der Waals surface area contributed by atoms with Gasteiger partial charge in [0.15, 0.2) is 0 Å². The normalized spacial score (nSPS) is 21.2. The van der Waals surface area contributed by atoms with E-state index in [1.54, 1.807) is 0 Å². The molecule has 0 fully saturated rings. The van der Waals surface area contributed by atoms with Crippen molar-refractivity contribution in [2.45, 2.75) is 19.3 Å². The molecule has 1 aliphatic rings. The maximum atomic E-state index is 10.7. The van der Waals surface area contributed by atoms with Gasteiger partial charge in [-0.25, -0.2) is 9.59 Å². The van der Waals surface area contributed by atoms with E-state index in [9.17, 15) is 14.4 Å². The Balaban J connectivity index is 3.01. The van der Waals surface area contributed by atoms with Crippen LogP contribution in [-0.2, 0) is 14.4 Å². The lowest BCUT2D eigenvalue weighted by molar-refractivity contribution is -0.143. The molecule has 3 N–H and O–H groups in total. The fraction of sp³-hybridized carbons (Fsp3) is 0.444. The largest absolute Gasteiger partial charge is 0.481 e. The standard InChI is InChI=1S/C9H10O6/c10-7(11)4-1-2-5(8(12)13)6(3-4)9(14)15/h4H,1-3H2,(H,10,11)(H,12,13)(H,14,15). The maximum absolute atomic E-state index is 10.7. The first-order chi connectivity index (χ1) is 6.93. The van der Waals surface area contributed by atoms with Crippen molar-refractivity contribution >= 4 is 17.9 Å². The SMILES string of the molecule is O=C(O)C1=C(C(=O)O)CC(C(=O)O)CC1. The van der Waals surface area contributed by atoms with Gasteiger partial charge in [-0.05, 0) is 19.3 Å². The first-order valence-corrected chi connectivity index (χ1v) is 4.35. The van der Waals surface area contributed by atoms with Gasteiger partial charge in [-0.3, -0.25) is 4.79 Å². The van der Waals surface area contributed by atoms with Crippen LogP contribution in [0.3, 0.4) is 0 Å². The van der Waals surface area contributed by atoms with Crippen LogP contribution < -0.4 is 0 Å². The third-order valence-electron chi connectivity index (χ3n) is 2.42. The topological polar surface area (TPSA) is 112 Å². The first kappa shape index (κ1) is 11.2. The van der Waals surface area contributed by atoms with E-state index in [1.165, 1.54) is 0 Å². The van der Waals surface area contributed by atoms with E-state index >= 15 is 0 Å². The van der Waals surface area contributed by atoms with Gasteiger partial charge in [0.25, 0.3) is 0 Å². The van der Waals surface area contributed by atoms with Crippen LogP contribution in [0.25, 0.3) is 0 Å². The average molecular weight is 214 g/mol. The van der Waals surface area contributed by atoms with E-state index in [2.05, 4.69) is 0 Å². The van der Waals surface area contributed by atoms with Gasteiger partial charge in [-0.1, -0.05) is 0 Å². The lowest BCUT2D eigenvalue weighted by Crippen LogP contribution is -2.24. The molecule has 0 aromatic carbocycles. The Hall–Kier alpha value is -1.85. The summed E-state index contributed by atoms with van der Waals surface area (Å²) in [5.41, 5.74) is -0.471. The second kappa shape index (κ2) is 4.12. The molecule has 15 heavy (non-hydrogen) atoms. The molecule has 0 radical (unpaired) electrons. The summed E-state index contributed by atoms with van der Waals surface area (Å²) in [5.74, 6) is -4.51. The Kier molecular flexibility index (Phi) is 3.08.